The van der Waals surface area contributed by atoms with Crippen LogP contribution < -0.4 is 9.64 Å². The van der Waals surface area contributed by atoms with Gasteiger partial charge in [-0.25, -0.2) is 8.42 Å². The van der Waals surface area contributed by atoms with Crippen LogP contribution in [-0.2, 0) is 19.4 Å². The number of benzene rings is 2. The molecule has 4 rings (SSSR count). The lowest BCUT2D eigenvalue weighted by molar-refractivity contribution is -0.121. The number of methoxy groups -OCH3 is 1. The summed E-state index contributed by atoms with van der Waals surface area (Å²) in [6, 6.07) is 16.5. The lowest BCUT2D eigenvalue weighted by atomic mass is 10.2. The molecule has 2 heterocycles. The number of hydrogen-bond donors (Lipinski definition) is 0. The third-order valence-corrected chi connectivity index (χ3v) is 7.86. The zero-order valence-electron chi connectivity index (χ0n) is 15.7. The minimum Gasteiger partial charge on any atom is -0.457 e. The van der Waals surface area contributed by atoms with Crippen LogP contribution in [0.1, 0.15) is 0 Å². The van der Waals surface area contributed by atoms with E-state index in [1.54, 1.807) is 0 Å². The standard InChI is InChI=1S/C20H20N2O5S2/c1-26-11-19(23)21-20-22(17-12-29(24,25)13-18(17)28-20)14-7-9-16(10-8-14)27-15-5-3-2-4-6-15/h2-10,17-18H,11-13H2,1H3/t17-,18-/m0/s1. The predicted molar refractivity (Wildman–Crippen MR) is 114 cm³/mol. The number of anilines is 1. The highest BCUT2D eigenvalue weighted by Crippen LogP contribution is 2.41. The third-order valence-electron chi connectivity index (χ3n) is 4.65. The number of nitrogens with zero attached hydrogens (tertiary/aromatic N) is 2. The SMILES string of the molecule is COCC(=O)N=C1S[C@H]2CS(=O)(=O)C[C@@H]2N1c1ccc(Oc2ccccc2)cc1. The van der Waals surface area contributed by atoms with Crippen LogP contribution in [0.3, 0.4) is 0 Å². The molecule has 0 unspecified atom stereocenters. The molecule has 0 radical (unpaired) electrons. The van der Waals surface area contributed by atoms with Gasteiger partial charge >= 0.3 is 0 Å². The second kappa shape index (κ2) is 8.17. The van der Waals surface area contributed by atoms with Gasteiger partial charge < -0.3 is 14.4 Å². The van der Waals surface area contributed by atoms with E-state index in [-0.39, 0.29) is 29.4 Å². The van der Waals surface area contributed by atoms with E-state index in [0.717, 1.165) is 11.4 Å². The van der Waals surface area contributed by atoms with Crippen LogP contribution in [0.4, 0.5) is 5.69 Å². The van der Waals surface area contributed by atoms with Crippen LogP contribution in [0.2, 0.25) is 0 Å². The number of ether oxygens (including phenoxy) is 2. The fourth-order valence-corrected chi connectivity index (χ4v) is 7.36. The smallest absolute Gasteiger partial charge is 0.274 e. The molecule has 0 N–H and O–H groups in total. The van der Waals surface area contributed by atoms with E-state index in [1.807, 2.05) is 59.5 Å². The zero-order chi connectivity index (χ0) is 20.4. The molecule has 9 heteroatoms. The predicted octanol–water partition coefficient (Wildman–Crippen LogP) is 2.73. The minimum atomic E-state index is -3.11. The second-order valence-electron chi connectivity index (χ2n) is 6.80. The van der Waals surface area contributed by atoms with Crippen LogP contribution in [0.5, 0.6) is 11.5 Å². The number of amidine groups is 1. The Morgan fingerprint density at radius 3 is 2.48 bits per heavy atom. The van der Waals surface area contributed by atoms with Crippen molar-refractivity contribution in [2.45, 2.75) is 11.3 Å². The summed E-state index contributed by atoms with van der Waals surface area (Å²) in [4.78, 5) is 18.0. The lowest BCUT2D eigenvalue weighted by Crippen LogP contribution is -2.37. The number of para-hydroxylation sites is 1. The number of sulfone groups is 1. The summed E-state index contributed by atoms with van der Waals surface area (Å²) in [6.07, 6.45) is 0. The number of thioether (sulfide) groups is 1. The first-order valence-corrected chi connectivity index (χ1v) is 11.7. The molecule has 2 aromatic rings. The average molecular weight is 433 g/mol. The molecule has 2 atom stereocenters. The fourth-order valence-electron chi connectivity index (χ4n) is 3.43. The average Bonchev–Trinajstić information content (AvgIpc) is 3.14. The van der Waals surface area contributed by atoms with Crippen molar-refractivity contribution in [3.05, 3.63) is 54.6 Å². The largest absolute Gasteiger partial charge is 0.457 e. The topological polar surface area (TPSA) is 85.3 Å². The summed E-state index contributed by atoms with van der Waals surface area (Å²) in [5.41, 5.74) is 0.770. The van der Waals surface area contributed by atoms with Gasteiger partial charge in [-0.2, -0.15) is 4.99 Å². The highest BCUT2D eigenvalue weighted by atomic mass is 32.2. The van der Waals surface area contributed by atoms with E-state index >= 15 is 0 Å². The molecule has 0 saturated carbocycles. The van der Waals surface area contributed by atoms with Crippen LogP contribution >= 0.6 is 11.8 Å². The first-order valence-electron chi connectivity index (χ1n) is 9.05. The van der Waals surface area contributed by atoms with E-state index in [1.165, 1.54) is 18.9 Å². The maximum Gasteiger partial charge on any atom is 0.274 e. The summed E-state index contributed by atoms with van der Waals surface area (Å²) in [5.74, 6) is 1.13. The molecular weight excluding hydrogens is 412 g/mol. The quantitative estimate of drug-likeness (QED) is 0.718. The van der Waals surface area contributed by atoms with Crippen molar-refractivity contribution in [1.82, 2.24) is 0 Å². The Hall–Kier alpha value is -2.36. The lowest BCUT2D eigenvalue weighted by Gasteiger charge is -2.24. The van der Waals surface area contributed by atoms with Gasteiger partial charge in [-0.05, 0) is 36.4 Å². The molecule has 0 spiro atoms. The fraction of sp³-hybridized carbons (Fsp3) is 0.300. The van der Waals surface area contributed by atoms with Crippen LogP contribution in [0.15, 0.2) is 59.6 Å². The molecule has 0 bridgehead atoms. The Balaban J connectivity index is 1.61. The Morgan fingerprint density at radius 1 is 1.10 bits per heavy atom. The molecule has 2 fully saturated rings. The van der Waals surface area contributed by atoms with Crippen molar-refractivity contribution in [2.75, 3.05) is 30.1 Å². The van der Waals surface area contributed by atoms with E-state index < -0.39 is 15.7 Å². The van der Waals surface area contributed by atoms with Gasteiger partial charge in [0.15, 0.2) is 15.0 Å². The zero-order valence-corrected chi connectivity index (χ0v) is 17.4. The summed E-state index contributed by atoms with van der Waals surface area (Å²) in [5, 5.41) is 0.364. The Kier molecular flexibility index (Phi) is 5.62. The molecular formula is C20H20N2O5S2. The number of carbonyl (C=O) groups excluding carboxylic acids is 1. The maximum absolute atomic E-state index is 12.1. The number of aliphatic imine (C=N–C) groups is 1. The molecule has 2 aliphatic heterocycles. The van der Waals surface area contributed by atoms with Crippen molar-refractivity contribution in [3.63, 3.8) is 0 Å². The number of fused-ring (bicyclic) bond motifs is 1. The number of rotatable bonds is 5. The second-order valence-corrected chi connectivity index (χ2v) is 10.2. The first kappa shape index (κ1) is 19.9. The number of amides is 1. The monoisotopic (exact) mass is 432 g/mol. The molecule has 2 aliphatic rings. The Labute approximate surface area is 173 Å². The Morgan fingerprint density at radius 2 is 1.79 bits per heavy atom. The minimum absolute atomic E-state index is 0.0461. The molecule has 2 saturated heterocycles. The van der Waals surface area contributed by atoms with Gasteiger partial charge in [0.2, 0.25) is 0 Å². The van der Waals surface area contributed by atoms with Crippen molar-refractivity contribution >= 4 is 38.4 Å². The van der Waals surface area contributed by atoms with Gasteiger partial charge in [0.05, 0.1) is 17.5 Å². The van der Waals surface area contributed by atoms with E-state index in [4.69, 9.17) is 9.47 Å². The molecule has 7 nitrogen and oxygen atoms in total. The van der Waals surface area contributed by atoms with Crippen molar-refractivity contribution < 1.29 is 22.7 Å². The number of hydrogen-bond acceptors (Lipinski definition) is 6. The van der Waals surface area contributed by atoms with Crippen molar-refractivity contribution in [2.24, 2.45) is 4.99 Å². The summed E-state index contributed by atoms with van der Waals surface area (Å²) < 4.78 is 34.9. The molecule has 1 amide bonds. The van der Waals surface area contributed by atoms with Gasteiger partial charge in [0.25, 0.3) is 5.91 Å². The van der Waals surface area contributed by atoms with Gasteiger partial charge in [0, 0.05) is 18.0 Å². The van der Waals surface area contributed by atoms with Gasteiger partial charge in [0.1, 0.15) is 18.1 Å². The molecule has 0 aliphatic carbocycles. The maximum atomic E-state index is 12.1. The summed E-state index contributed by atoms with van der Waals surface area (Å²) in [6.45, 7) is -0.116. The van der Waals surface area contributed by atoms with Crippen LogP contribution in [0.25, 0.3) is 0 Å². The first-order chi connectivity index (χ1) is 13.9. The van der Waals surface area contributed by atoms with Gasteiger partial charge in [-0.1, -0.05) is 30.0 Å². The van der Waals surface area contributed by atoms with E-state index in [2.05, 4.69) is 4.99 Å². The summed E-state index contributed by atoms with van der Waals surface area (Å²) >= 11 is 1.34. The molecule has 152 valence electrons. The van der Waals surface area contributed by atoms with E-state index in [0.29, 0.717) is 10.9 Å². The highest BCUT2D eigenvalue weighted by molar-refractivity contribution is 8.16. The van der Waals surface area contributed by atoms with Crippen LogP contribution in [0, 0.1) is 0 Å². The summed E-state index contributed by atoms with van der Waals surface area (Å²) in [7, 11) is -1.67. The molecule has 0 aromatic heterocycles. The van der Waals surface area contributed by atoms with Crippen LogP contribution in [-0.4, -0.2) is 56.0 Å². The molecule has 2 aromatic carbocycles. The van der Waals surface area contributed by atoms with Crippen molar-refractivity contribution in [1.29, 1.82) is 0 Å². The normalized spacial score (nSPS) is 23.9. The van der Waals surface area contributed by atoms with Gasteiger partial charge in [-0.15, -0.1) is 0 Å². The highest BCUT2D eigenvalue weighted by Gasteiger charge is 2.49. The third kappa shape index (κ3) is 4.47. The molecule has 29 heavy (non-hydrogen) atoms. The Bertz CT molecular complexity index is 1020. The number of carbonyl (C=O) groups is 1. The van der Waals surface area contributed by atoms with Crippen molar-refractivity contribution in [3.8, 4) is 11.5 Å². The van der Waals surface area contributed by atoms with E-state index in [9.17, 15) is 13.2 Å². The van der Waals surface area contributed by atoms with Gasteiger partial charge in [-0.3, -0.25) is 4.79 Å².